The summed E-state index contributed by atoms with van der Waals surface area (Å²) in [4.78, 5) is 10.7. The highest BCUT2D eigenvalue weighted by molar-refractivity contribution is 5.69. The lowest BCUT2D eigenvalue weighted by atomic mass is 10.0. The molecule has 1 aliphatic heterocycles. The number of cyclic esters (lactones) is 1. The SMILES string of the molecule is C[C@H]1CCCC(=O)OCC1. The molecule has 2 heteroatoms. The van der Waals surface area contributed by atoms with Gasteiger partial charge in [0.05, 0.1) is 6.61 Å². The van der Waals surface area contributed by atoms with Gasteiger partial charge in [-0.05, 0) is 18.8 Å². The summed E-state index contributed by atoms with van der Waals surface area (Å²) < 4.78 is 4.91. The van der Waals surface area contributed by atoms with Crippen LogP contribution in [0.2, 0.25) is 0 Å². The van der Waals surface area contributed by atoms with E-state index in [0.717, 1.165) is 18.8 Å². The van der Waals surface area contributed by atoms with Crippen LogP contribution in [0.25, 0.3) is 0 Å². The molecule has 0 N–H and O–H groups in total. The third-order valence-corrected chi connectivity index (χ3v) is 1.95. The maximum atomic E-state index is 10.7. The van der Waals surface area contributed by atoms with Crippen molar-refractivity contribution in [2.45, 2.75) is 32.6 Å². The first-order valence-electron chi connectivity index (χ1n) is 3.94. The van der Waals surface area contributed by atoms with Crippen molar-refractivity contribution in [3.63, 3.8) is 0 Å². The lowest BCUT2D eigenvalue weighted by Gasteiger charge is -2.14. The molecule has 0 aromatic carbocycles. The molecule has 58 valence electrons. The van der Waals surface area contributed by atoms with Crippen LogP contribution >= 0.6 is 0 Å². The molecule has 0 saturated carbocycles. The van der Waals surface area contributed by atoms with Gasteiger partial charge in [-0.15, -0.1) is 0 Å². The molecule has 0 bridgehead atoms. The van der Waals surface area contributed by atoms with Crippen LogP contribution in [0.5, 0.6) is 0 Å². The summed E-state index contributed by atoms with van der Waals surface area (Å²) in [6.07, 6.45) is 3.82. The van der Waals surface area contributed by atoms with Crippen molar-refractivity contribution in [2.24, 2.45) is 5.92 Å². The van der Waals surface area contributed by atoms with Gasteiger partial charge in [-0.25, -0.2) is 0 Å². The van der Waals surface area contributed by atoms with Crippen LogP contribution < -0.4 is 0 Å². The Morgan fingerprint density at radius 3 is 3.10 bits per heavy atom. The molecule has 0 aromatic rings. The molecule has 1 aliphatic rings. The van der Waals surface area contributed by atoms with Gasteiger partial charge in [-0.3, -0.25) is 4.79 Å². The van der Waals surface area contributed by atoms with Gasteiger partial charge in [0.25, 0.3) is 0 Å². The topological polar surface area (TPSA) is 26.3 Å². The Hall–Kier alpha value is -0.530. The summed E-state index contributed by atoms with van der Waals surface area (Å²) in [7, 11) is 0. The smallest absolute Gasteiger partial charge is 0.305 e. The Bertz CT molecular complexity index is 108. The lowest BCUT2D eigenvalue weighted by molar-refractivity contribution is -0.144. The summed E-state index contributed by atoms with van der Waals surface area (Å²) in [5.41, 5.74) is 0. The predicted octanol–water partition coefficient (Wildman–Crippen LogP) is 1.74. The quantitative estimate of drug-likeness (QED) is 0.481. The van der Waals surface area contributed by atoms with Gasteiger partial charge in [0, 0.05) is 6.42 Å². The van der Waals surface area contributed by atoms with Crippen LogP contribution in [-0.4, -0.2) is 12.6 Å². The number of esters is 1. The molecule has 0 aliphatic carbocycles. The van der Waals surface area contributed by atoms with Crippen LogP contribution in [-0.2, 0) is 9.53 Å². The highest BCUT2D eigenvalue weighted by Gasteiger charge is 2.10. The number of hydrogen-bond donors (Lipinski definition) is 0. The molecule has 0 unspecified atom stereocenters. The van der Waals surface area contributed by atoms with E-state index in [4.69, 9.17) is 4.74 Å². The fourth-order valence-corrected chi connectivity index (χ4v) is 1.19. The molecule has 0 aromatic heterocycles. The molecule has 1 heterocycles. The Morgan fingerprint density at radius 2 is 2.30 bits per heavy atom. The maximum Gasteiger partial charge on any atom is 0.305 e. The van der Waals surface area contributed by atoms with Crippen molar-refractivity contribution in [1.29, 1.82) is 0 Å². The number of rotatable bonds is 0. The second-order valence-electron chi connectivity index (χ2n) is 3.01. The Balaban J connectivity index is 2.27. The molecule has 1 rings (SSSR count). The zero-order valence-electron chi connectivity index (χ0n) is 6.43. The lowest BCUT2D eigenvalue weighted by Crippen LogP contribution is -2.12. The average molecular weight is 142 g/mol. The van der Waals surface area contributed by atoms with E-state index in [1.807, 2.05) is 0 Å². The van der Waals surface area contributed by atoms with Gasteiger partial charge in [0.15, 0.2) is 0 Å². The van der Waals surface area contributed by atoms with Crippen molar-refractivity contribution < 1.29 is 9.53 Å². The van der Waals surface area contributed by atoms with Crippen LogP contribution in [0.1, 0.15) is 32.6 Å². The van der Waals surface area contributed by atoms with E-state index >= 15 is 0 Å². The van der Waals surface area contributed by atoms with Crippen LogP contribution in [0, 0.1) is 5.92 Å². The molecule has 1 fully saturated rings. The first-order chi connectivity index (χ1) is 4.79. The van der Waals surface area contributed by atoms with Gasteiger partial charge < -0.3 is 4.74 Å². The zero-order chi connectivity index (χ0) is 7.40. The zero-order valence-corrected chi connectivity index (χ0v) is 6.43. The largest absolute Gasteiger partial charge is 0.466 e. The van der Waals surface area contributed by atoms with Crippen molar-refractivity contribution >= 4 is 5.97 Å². The first-order valence-corrected chi connectivity index (χ1v) is 3.94. The summed E-state index contributed by atoms with van der Waals surface area (Å²) in [6, 6.07) is 0. The molecule has 0 amide bonds. The maximum absolute atomic E-state index is 10.7. The fraction of sp³-hybridized carbons (Fsp3) is 0.875. The Kier molecular flexibility index (Phi) is 2.72. The number of carbonyl (C=O) groups excluding carboxylic acids is 1. The Labute approximate surface area is 61.6 Å². The summed E-state index contributed by atoms with van der Waals surface area (Å²) in [5, 5.41) is 0. The molecule has 2 nitrogen and oxygen atoms in total. The van der Waals surface area contributed by atoms with Crippen molar-refractivity contribution in [3.05, 3.63) is 0 Å². The van der Waals surface area contributed by atoms with Crippen molar-refractivity contribution in [2.75, 3.05) is 6.61 Å². The molecule has 10 heavy (non-hydrogen) atoms. The molecular weight excluding hydrogens is 128 g/mol. The third-order valence-electron chi connectivity index (χ3n) is 1.95. The number of carbonyl (C=O) groups is 1. The normalized spacial score (nSPS) is 28.5. The molecular formula is C8H14O2. The summed E-state index contributed by atoms with van der Waals surface area (Å²) in [6.45, 7) is 2.83. The van der Waals surface area contributed by atoms with Crippen LogP contribution in [0.3, 0.4) is 0 Å². The second kappa shape index (κ2) is 3.59. The van der Waals surface area contributed by atoms with Gasteiger partial charge >= 0.3 is 5.97 Å². The minimum Gasteiger partial charge on any atom is -0.466 e. The first kappa shape index (κ1) is 7.58. The predicted molar refractivity (Wildman–Crippen MR) is 38.6 cm³/mol. The standard InChI is InChI=1S/C8H14O2/c1-7-3-2-4-8(9)10-6-5-7/h7H,2-6H2,1H3/t7-/m0/s1. The highest BCUT2D eigenvalue weighted by atomic mass is 16.5. The van der Waals surface area contributed by atoms with Gasteiger partial charge in [-0.1, -0.05) is 13.3 Å². The minimum absolute atomic E-state index is 0.0214. The van der Waals surface area contributed by atoms with Crippen LogP contribution in [0.15, 0.2) is 0 Å². The molecule has 1 atom stereocenters. The minimum atomic E-state index is -0.0214. The van der Waals surface area contributed by atoms with E-state index in [0.29, 0.717) is 13.0 Å². The third kappa shape index (κ3) is 2.38. The number of ether oxygens (including phenoxy) is 1. The van der Waals surface area contributed by atoms with E-state index in [1.54, 1.807) is 0 Å². The second-order valence-corrected chi connectivity index (χ2v) is 3.01. The van der Waals surface area contributed by atoms with Crippen molar-refractivity contribution in [3.8, 4) is 0 Å². The summed E-state index contributed by atoms with van der Waals surface area (Å²) in [5.74, 6) is 0.708. The van der Waals surface area contributed by atoms with Gasteiger partial charge in [0.1, 0.15) is 0 Å². The molecule has 0 radical (unpaired) electrons. The highest BCUT2D eigenvalue weighted by Crippen LogP contribution is 2.15. The van der Waals surface area contributed by atoms with E-state index in [1.165, 1.54) is 6.42 Å². The van der Waals surface area contributed by atoms with E-state index in [-0.39, 0.29) is 5.97 Å². The van der Waals surface area contributed by atoms with Crippen molar-refractivity contribution in [1.82, 2.24) is 0 Å². The van der Waals surface area contributed by atoms with E-state index in [2.05, 4.69) is 6.92 Å². The summed E-state index contributed by atoms with van der Waals surface area (Å²) >= 11 is 0. The van der Waals surface area contributed by atoms with Gasteiger partial charge in [0.2, 0.25) is 0 Å². The molecule has 1 saturated heterocycles. The molecule has 0 spiro atoms. The van der Waals surface area contributed by atoms with E-state index in [9.17, 15) is 4.79 Å². The number of hydrogen-bond acceptors (Lipinski definition) is 2. The van der Waals surface area contributed by atoms with Gasteiger partial charge in [-0.2, -0.15) is 0 Å². The van der Waals surface area contributed by atoms with E-state index < -0.39 is 0 Å². The Morgan fingerprint density at radius 1 is 1.50 bits per heavy atom. The average Bonchev–Trinajstić information content (AvgIpc) is 1.84. The van der Waals surface area contributed by atoms with Crippen LogP contribution in [0.4, 0.5) is 0 Å². The fourth-order valence-electron chi connectivity index (χ4n) is 1.19. The monoisotopic (exact) mass is 142 g/mol.